The molecule has 2 heterocycles. The van der Waals surface area contributed by atoms with Gasteiger partial charge >= 0.3 is 0 Å². The summed E-state index contributed by atoms with van der Waals surface area (Å²) in [5.74, 6) is 4.57. The maximum absolute atomic E-state index is 13.2. The summed E-state index contributed by atoms with van der Waals surface area (Å²) in [5, 5.41) is 20.4. The van der Waals surface area contributed by atoms with Gasteiger partial charge in [-0.05, 0) is 98.2 Å². The molecule has 7 heteroatoms. The molecule has 1 aliphatic heterocycles. The minimum atomic E-state index is -0.134. The Morgan fingerprint density at radius 3 is 2.67 bits per heavy atom. The molecule has 1 saturated heterocycles. The maximum Gasteiger partial charge on any atom is 0.222 e. The Balaban J connectivity index is 1.04. The fourth-order valence-corrected chi connectivity index (χ4v) is 10.1. The monoisotopic (exact) mass is 536 g/mol. The molecule has 1 amide bonds. The summed E-state index contributed by atoms with van der Waals surface area (Å²) < 4.78 is 0. The number of nitrogens with zero attached hydrogens (tertiary/aromatic N) is 4. The van der Waals surface area contributed by atoms with Crippen molar-refractivity contribution in [3.05, 3.63) is 24.2 Å². The second-order valence-corrected chi connectivity index (χ2v) is 14.0. The Hall–Kier alpha value is -2.15. The largest absolute Gasteiger partial charge is 0.503 e. The van der Waals surface area contributed by atoms with Gasteiger partial charge in [0.1, 0.15) is 6.33 Å². The van der Waals surface area contributed by atoms with Crippen molar-refractivity contribution in [1.29, 1.82) is 0 Å². The number of aromatic nitrogens is 2. The lowest BCUT2D eigenvalue weighted by Crippen LogP contribution is -2.51. The first-order chi connectivity index (χ1) is 18.7. The van der Waals surface area contributed by atoms with Crippen molar-refractivity contribution in [1.82, 2.24) is 14.9 Å². The highest BCUT2D eigenvalue weighted by Gasteiger charge is 2.59. The molecule has 7 nitrogen and oxygen atoms in total. The third-order valence-electron chi connectivity index (χ3n) is 12.3. The van der Waals surface area contributed by atoms with Crippen LogP contribution >= 0.6 is 0 Å². The van der Waals surface area contributed by atoms with E-state index in [1.807, 2.05) is 9.80 Å². The van der Waals surface area contributed by atoms with Gasteiger partial charge in [-0.3, -0.25) is 4.79 Å². The predicted molar refractivity (Wildman–Crippen MR) is 152 cm³/mol. The maximum atomic E-state index is 13.2. The van der Waals surface area contributed by atoms with Crippen LogP contribution in [0.25, 0.3) is 0 Å². The number of allylic oxidation sites excluding steroid dienone is 1. The van der Waals surface area contributed by atoms with Gasteiger partial charge in [0.15, 0.2) is 11.6 Å². The highest BCUT2D eigenvalue weighted by atomic mass is 16.3. The van der Waals surface area contributed by atoms with Crippen molar-refractivity contribution >= 4 is 11.7 Å². The molecule has 6 rings (SSSR count). The number of aliphatic hydroxyl groups is 1. The SMILES string of the molecule is C[C@H](CCC(=O)N1CCN(c2ncncc2O)CC1)[C@H]1CC[C@H]2[C@@H]3CC=C4C[C@@H](O)CC[C@]4(C)[C@H]3CC[C@]12C. The van der Waals surface area contributed by atoms with Gasteiger partial charge in [-0.15, -0.1) is 0 Å². The van der Waals surface area contributed by atoms with Crippen molar-refractivity contribution in [2.45, 2.75) is 91.1 Å². The van der Waals surface area contributed by atoms with E-state index in [9.17, 15) is 15.0 Å². The molecule has 1 aromatic rings. The number of aliphatic hydroxyl groups excluding tert-OH is 1. The summed E-state index contributed by atoms with van der Waals surface area (Å²) in [6.45, 7) is 10.2. The molecule has 0 spiro atoms. The predicted octanol–water partition coefficient (Wildman–Crippen LogP) is 5.19. The van der Waals surface area contributed by atoms with E-state index < -0.39 is 0 Å². The van der Waals surface area contributed by atoms with Crippen LogP contribution in [0.2, 0.25) is 0 Å². The number of hydrogen-bond acceptors (Lipinski definition) is 6. The molecule has 5 aliphatic rings. The standard InChI is InChI=1S/C32H48N4O3/c1-21(4-9-29(39)35-14-16-36(17-15-35)30-28(38)19-33-20-34-30)25-7-8-26-24-6-5-22-18-23(37)10-12-31(22,2)27(24)11-13-32(25,26)3/h5,19-21,23-27,37-38H,4,6-18H2,1-3H3/t21-,23+,24+,25-,26+,27+,31+,32-/m1/s1. The highest BCUT2D eigenvalue weighted by molar-refractivity contribution is 5.76. The minimum absolute atomic E-state index is 0.0971. The molecule has 0 unspecified atom stereocenters. The summed E-state index contributed by atoms with van der Waals surface area (Å²) in [7, 11) is 0. The number of amides is 1. The third-order valence-corrected chi connectivity index (χ3v) is 12.3. The van der Waals surface area contributed by atoms with E-state index in [0.717, 1.165) is 43.4 Å². The van der Waals surface area contributed by atoms with Gasteiger partial charge < -0.3 is 20.0 Å². The molecule has 39 heavy (non-hydrogen) atoms. The van der Waals surface area contributed by atoms with Crippen LogP contribution in [0.3, 0.4) is 0 Å². The fourth-order valence-electron chi connectivity index (χ4n) is 10.1. The zero-order chi connectivity index (χ0) is 27.4. The van der Waals surface area contributed by atoms with Crippen LogP contribution < -0.4 is 4.90 Å². The molecule has 3 saturated carbocycles. The van der Waals surface area contributed by atoms with Crippen molar-refractivity contribution in [3.8, 4) is 5.75 Å². The van der Waals surface area contributed by atoms with Crippen LogP contribution in [0, 0.1) is 40.4 Å². The summed E-state index contributed by atoms with van der Waals surface area (Å²) >= 11 is 0. The lowest BCUT2D eigenvalue weighted by atomic mass is 9.47. The first kappa shape index (κ1) is 27.0. The molecule has 0 bridgehead atoms. The summed E-state index contributed by atoms with van der Waals surface area (Å²) in [6.07, 6.45) is 16.4. The normalized spacial score (nSPS) is 38.9. The number of hydrogen-bond donors (Lipinski definition) is 2. The second kappa shape index (κ2) is 10.4. The van der Waals surface area contributed by atoms with Crippen molar-refractivity contribution in [2.75, 3.05) is 31.1 Å². The van der Waals surface area contributed by atoms with Gasteiger partial charge in [0, 0.05) is 32.6 Å². The number of fused-ring (bicyclic) bond motifs is 5. The van der Waals surface area contributed by atoms with Crippen LogP contribution in [0.15, 0.2) is 24.2 Å². The third kappa shape index (κ3) is 4.66. The Bertz CT molecular complexity index is 1100. The quantitative estimate of drug-likeness (QED) is 0.504. The number of aromatic hydroxyl groups is 1. The molecule has 0 radical (unpaired) electrons. The number of carbonyl (C=O) groups excluding carboxylic acids is 1. The average Bonchev–Trinajstić information content (AvgIpc) is 3.29. The van der Waals surface area contributed by atoms with E-state index in [2.05, 4.69) is 36.8 Å². The lowest BCUT2D eigenvalue weighted by molar-refractivity contribution is -0.132. The molecule has 0 aromatic carbocycles. The molecule has 8 atom stereocenters. The van der Waals surface area contributed by atoms with E-state index in [0.29, 0.717) is 61.1 Å². The highest BCUT2D eigenvalue weighted by Crippen LogP contribution is 2.67. The number of anilines is 1. The Kier molecular flexibility index (Phi) is 7.18. The summed E-state index contributed by atoms with van der Waals surface area (Å²) in [5.41, 5.74) is 2.25. The molecule has 214 valence electrons. The van der Waals surface area contributed by atoms with Gasteiger partial charge in [0.2, 0.25) is 5.91 Å². The van der Waals surface area contributed by atoms with Crippen LogP contribution in [0.1, 0.15) is 85.0 Å². The smallest absolute Gasteiger partial charge is 0.222 e. The van der Waals surface area contributed by atoms with Gasteiger partial charge in [-0.1, -0.05) is 32.4 Å². The fraction of sp³-hybridized carbons (Fsp3) is 0.781. The van der Waals surface area contributed by atoms with Crippen LogP contribution in [-0.4, -0.2) is 63.3 Å². The second-order valence-electron chi connectivity index (χ2n) is 14.0. The van der Waals surface area contributed by atoms with E-state index in [1.54, 1.807) is 5.57 Å². The molecule has 4 fully saturated rings. The van der Waals surface area contributed by atoms with Crippen LogP contribution in [0.4, 0.5) is 5.82 Å². The number of rotatable bonds is 5. The minimum Gasteiger partial charge on any atom is -0.503 e. The van der Waals surface area contributed by atoms with Crippen molar-refractivity contribution in [3.63, 3.8) is 0 Å². The molecular formula is C32H48N4O3. The van der Waals surface area contributed by atoms with E-state index in [1.165, 1.54) is 44.6 Å². The number of piperazine rings is 1. The molecule has 1 aromatic heterocycles. The Labute approximate surface area is 234 Å². The first-order valence-corrected chi connectivity index (χ1v) is 15.6. The first-order valence-electron chi connectivity index (χ1n) is 15.6. The average molecular weight is 537 g/mol. The van der Waals surface area contributed by atoms with Gasteiger partial charge in [0.25, 0.3) is 0 Å². The molecular weight excluding hydrogens is 488 g/mol. The van der Waals surface area contributed by atoms with Gasteiger partial charge in [0.05, 0.1) is 12.3 Å². The van der Waals surface area contributed by atoms with Gasteiger partial charge in [-0.25, -0.2) is 9.97 Å². The zero-order valence-corrected chi connectivity index (χ0v) is 24.2. The van der Waals surface area contributed by atoms with E-state index >= 15 is 0 Å². The topological polar surface area (TPSA) is 89.8 Å². The van der Waals surface area contributed by atoms with Crippen molar-refractivity contribution < 1.29 is 15.0 Å². The number of carbonyl (C=O) groups is 1. The zero-order valence-electron chi connectivity index (χ0n) is 24.2. The lowest BCUT2D eigenvalue weighted by Gasteiger charge is -2.58. The summed E-state index contributed by atoms with van der Waals surface area (Å²) in [6, 6.07) is 0. The van der Waals surface area contributed by atoms with Gasteiger partial charge in [-0.2, -0.15) is 0 Å². The van der Waals surface area contributed by atoms with Crippen LogP contribution in [0.5, 0.6) is 5.75 Å². The van der Waals surface area contributed by atoms with Crippen LogP contribution in [-0.2, 0) is 4.79 Å². The van der Waals surface area contributed by atoms with E-state index in [-0.39, 0.29) is 17.8 Å². The van der Waals surface area contributed by atoms with E-state index in [4.69, 9.17) is 0 Å². The molecule has 2 N–H and O–H groups in total. The van der Waals surface area contributed by atoms with Crippen molar-refractivity contribution in [2.24, 2.45) is 40.4 Å². The molecule has 4 aliphatic carbocycles. The Morgan fingerprint density at radius 2 is 1.90 bits per heavy atom. The Morgan fingerprint density at radius 1 is 1.10 bits per heavy atom. The summed E-state index contributed by atoms with van der Waals surface area (Å²) in [4.78, 5) is 25.3.